The summed E-state index contributed by atoms with van der Waals surface area (Å²) in [6.45, 7) is 2.17. The molecule has 12 heavy (non-hydrogen) atoms. The summed E-state index contributed by atoms with van der Waals surface area (Å²) < 4.78 is 2.80. The van der Waals surface area contributed by atoms with Gasteiger partial charge in [0.25, 0.3) is 0 Å². The topological polar surface area (TPSA) is 12.0 Å². The third-order valence-corrected chi connectivity index (χ3v) is 5.33. The van der Waals surface area contributed by atoms with Crippen LogP contribution in [0.15, 0.2) is 12.1 Å². The zero-order valence-corrected chi connectivity index (χ0v) is 10.8. The predicted octanol–water partition coefficient (Wildman–Crippen LogP) is 2.54. The molecule has 0 saturated carbocycles. The van der Waals surface area contributed by atoms with Crippen molar-refractivity contribution in [3.63, 3.8) is 0 Å². The van der Waals surface area contributed by atoms with Gasteiger partial charge in [0.05, 0.1) is 0 Å². The summed E-state index contributed by atoms with van der Waals surface area (Å²) in [6.07, 6.45) is 1.18. The summed E-state index contributed by atoms with van der Waals surface area (Å²) in [5.74, 6) is 0. The molecule has 1 aliphatic heterocycles. The fraction of sp³-hybridized carbons (Fsp3) is 0.333. The highest BCUT2D eigenvalue weighted by Crippen LogP contribution is 2.24. The van der Waals surface area contributed by atoms with Gasteiger partial charge in [0.15, 0.2) is 0 Å². The second-order valence-electron chi connectivity index (χ2n) is 2.93. The third kappa shape index (κ3) is 1.63. The van der Waals surface area contributed by atoms with Gasteiger partial charge in [0.1, 0.15) is 0 Å². The zero-order chi connectivity index (χ0) is 8.55. The Morgan fingerprint density at radius 2 is 2.08 bits per heavy atom. The van der Waals surface area contributed by atoms with Crippen molar-refractivity contribution < 1.29 is 0 Å². The summed E-state index contributed by atoms with van der Waals surface area (Å²) in [5, 5.41) is 3.40. The lowest BCUT2D eigenvalue weighted by molar-refractivity contribution is 0.640. The number of hydrogen-bond acceptors (Lipinski definition) is 1. The summed E-state index contributed by atoms with van der Waals surface area (Å²) in [5.41, 5.74) is 3.03. The average molecular weight is 385 g/mol. The molecular weight excluding hydrogens is 376 g/mol. The Kier molecular flexibility index (Phi) is 2.91. The van der Waals surface area contributed by atoms with Crippen molar-refractivity contribution in [1.82, 2.24) is 5.32 Å². The molecule has 1 nitrogen and oxygen atoms in total. The first-order valence-electron chi connectivity index (χ1n) is 3.95. The number of rotatable bonds is 0. The van der Waals surface area contributed by atoms with Gasteiger partial charge in [-0.3, -0.25) is 0 Å². The maximum absolute atomic E-state index is 3.40. The monoisotopic (exact) mass is 385 g/mol. The molecule has 1 aliphatic rings. The Labute approximate surface area is 99.6 Å². The van der Waals surface area contributed by atoms with E-state index in [4.69, 9.17) is 0 Å². The zero-order valence-electron chi connectivity index (χ0n) is 6.53. The van der Waals surface area contributed by atoms with E-state index in [1.54, 1.807) is 0 Å². The molecular formula is C9H9I2N. The standard InChI is InChI=1S/C9H9I2N/c10-8-2-1-6-3-4-12-5-7(6)9(8)11/h1-2,12H,3-5H2. The maximum atomic E-state index is 3.40. The van der Waals surface area contributed by atoms with E-state index in [0.717, 1.165) is 13.1 Å². The highest BCUT2D eigenvalue weighted by atomic mass is 127. The van der Waals surface area contributed by atoms with E-state index in [-0.39, 0.29) is 0 Å². The predicted molar refractivity (Wildman–Crippen MR) is 67.3 cm³/mol. The molecule has 1 heterocycles. The van der Waals surface area contributed by atoms with Crippen molar-refractivity contribution in [1.29, 1.82) is 0 Å². The van der Waals surface area contributed by atoms with Gasteiger partial charge in [-0.15, -0.1) is 0 Å². The van der Waals surface area contributed by atoms with Crippen LogP contribution in [0.1, 0.15) is 11.1 Å². The van der Waals surface area contributed by atoms with Gasteiger partial charge in [-0.1, -0.05) is 6.07 Å². The van der Waals surface area contributed by atoms with Crippen LogP contribution in [0.25, 0.3) is 0 Å². The van der Waals surface area contributed by atoms with E-state index in [1.165, 1.54) is 24.7 Å². The first-order chi connectivity index (χ1) is 5.79. The first-order valence-corrected chi connectivity index (χ1v) is 6.11. The minimum absolute atomic E-state index is 1.05. The number of fused-ring (bicyclic) bond motifs is 1. The van der Waals surface area contributed by atoms with Crippen molar-refractivity contribution >= 4 is 45.2 Å². The molecule has 0 aromatic heterocycles. The molecule has 0 spiro atoms. The molecule has 0 atom stereocenters. The summed E-state index contributed by atoms with van der Waals surface area (Å²) in [6, 6.07) is 4.48. The van der Waals surface area contributed by atoms with Crippen LogP contribution in [0.2, 0.25) is 0 Å². The van der Waals surface area contributed by atoms with Gasteiger partial charge >= 0.3 is 0 Å². The van der Waals surface area contributed by atoms with Gasteiger partial charge in [-0.05, 0) is 75.3 Å². The normalized spacial score (nSPS) is 15.8. The van der Waals surface area contributed by atoms with E-state index in [9.17, 15) is 0 Å². The largest absolute Gasteiger partial charge is 0.312 e. The van der Waals surface area contributed by atoms with Crippen molar-refractivity contribution in [3.05, 3.63) is 30.4 Å². The van der Waals surface area contributed by atoms with Gasteiger partial charge in [0, 0.05) is 13.7 Å². The second kappa shape index (κ2) is 3.79. The molecule has 0 saturated heterocycles. The van der Waals surface area contributed by atoms with Crippen molar-refractivity contribution in [2.24, 2.45) is 0 Å². The summed E-state index contributed by atoms with van der Waals surface area (Å²) in [7, 11) is 0. The molecule has 0 bridgehead atoms. The highest BCUT2D eigenvalue weighted by molar-refractivity contribution is 14.1. The molecule has 2 rings (SSSR count). The molecule has 0 aliphatic carbocycles. The lowest BCUT2D eigenvalue weighted by Crippen LogP contribution is -2.24. The SMILES string of the molecule is Ic1ccc2c(c1I)CNCC2. The molecule has 0 radical (unpaired) electrons. The highest BCUT2D eigenvalue weighted by Gasteiger charge is 2.12. The minimum Gasteiger partial charge on any atom is -0.312 e. The van der Waals surface area contributed by atoms with Crippen LogP contribution in [-0.4, -0.2) is 6.54 Å². The van der Waals surface area contributed by atoms with E-state index < -0.39 is 0 Å². The van der Waals surface area contributed by atoms with Crippen LogP contribution < -0.4 is 5.32 Å². The Morgan fingerprint density at radius 3 is 2.92 bits per heavy atom. The Balaban J connectivity index is 2.54. The fourth-order valence-electron chi connectivity index (χ4n) is 1.49. The van der Waals surface area contributed by atoms with Crippen molar-refractivity contribution in [2.75, 3.05) is 6.54 Å². The smallest absolute Gasteiger partial charge is 0.0311 e. The van der Waals surface area contributed by atoms with Gasteiger partial charge in [-0.2, -0.15) is 0 Å². The van der Waals surface area contributed by atoms with Crippen LogP contribution in [-0.2, 0) is 13.0 Å². The molecule has 1 aromatic rings. The number of halogens is 2. The van der Waals surface area contributed by atoms with Crippen LogP contribution in [0.5, 0.6) is 0 Å². The lowest BCUT2D eigenvalue weighted by Gasteiger charge is -2.18. The van der Waals surface area contributed by atoms with Gasteiger partial charge in [-0.25, -0.2) is 0 Å². The minimum atomic E-state index is 1.05. The number of benzene rings is 1. The van der Waals surface area contributed by atoms with Crippen LogP contribution in [0.4, 0.5) is 0 Å². The number of nitrogens with one attached hydrogen (secondary N) is 1. The lowest BCUT2D eigenvalue weighted by atomic mass is 10.0. The number of hydrogen-bond donors (Lipinski definition) is 1. The Hall–Kier alpha value is 0.640. The maximum Gasteiger partial charge on any atom is 0.0311 e. The van der Waals surface area contributed by atoms with Crippen LogP contribution in [0.3, 0.4) is 0 Å². The van der Waals surface area contributed by atoms with E-state index in [1.807, 2.05) is 0 Å². The molecule has 3 heteroatoms. The van der Waals surface area contributed by atoms with E-state index >= 15 is 0 Å². The summed E-state index contributed by atoms with van der Waals surface area (Å²) >= 11 is 4.84. The summed E-state index contributed by atoms with van der Waals surface area (Å²) in [4.78, 5) is 0. The Morgan fingerprint density at radius 1 is 1.25 bits per heavy atom. The molecule has 0 amide bonds. The van der Waals surface area contributed by atoms with Crippen molar-refractivity contribution in [3.8, 4) is 0 Å². The quantitative estimate of drug-likeness (QED) is 0.678. The van der Waals surface area contributed by atoms with Crippen LogP contribution >= 0.6 is 45.2 Å². The van der Waals surface area contributed by atoms with E-state index in [0.29, 0.717) is 0 Å². The fourth-order valence-corrected chi connectivity index (χ4v) is 2.72. The first kappa shape index (κ1) is 9.21. The van der Waals surface area contributed by atoms with Gasteiger partial charge in [0.2, 0.25) is 0 Å². The third-order valence-electron chi connectivity index (χ3n) is 2.17. The average Bonchev–Trinajstić information content (AvgIpc) is 2.12. The molecule has 1 aromatic carbocycles. The van der Waals surface area contributed by atoms with E-state index in [2.05, 4.69) is 62.6 Å². The Bertz CT molecular complexity index is 310. The molecule has 0 unspecified atom stereocenters. The molecule has 1 N–H and O–H groups in total. The second-order valence-corrected chi connectivity index (χ2v) is 5.17. The van der Waals surface area contributed by atoms with Crippen molar-refractivity contribution in [2.45, 2.75) is 13.0 Å². The van der Waals surface area contributed by atoms with Crippen LogP contribution in [0, 0.1) is 7.14 Å². The molecule has 64 valence electrons. The van der Waals surface area contributed by atoms with Gasteiger partial charge < -0.3 is 5.32 Å². The molecule has 0 fully saturated rings.